The molecule has 0 atom stereocenters. The molecule has 0 aliphatic carbocycles. The molecule has 0 radical (unpaired) electrons. The molecule has 0 aliphatic heterocycles. The molecule has 86 valence electrons. The van der Waals surface area contributed by atoms with Crippen molar-refractivity contribution in [3.63, 3.8) is 0 Å². The highest BCUT2D eigenvalue weighted by atomic mass is 127. The summed E-state index contributed by atoms with van der Waals surface area (Å²) in [7, 11) is 0. The van der Waals surface area contributed by atoms with Crippen LogP contribution in [0.25, 0.3) is 0 Å². The predicted octanol–water partition coefficient (Wildman–Crippen LogP) is 3.56. The standard InChI is InChI=1S/C13H11IN2O/c14-13-6-5-12(17-13)9-16-11-3-1-10(2-4-11)7-8-15/h1-6,16H,7,9H2. The van der Waals surface area contributed by atoms with Crippen molar-refractivity contribution in [2.75, 3.05) is 5.32 Å². The summed E-state index contributed by atoms with van der Waals surface area (Å²) < 4.78 is 6.34. The minimum Gasteiger partial charge on any atom is -0.454 e. The molecule has 0 saturated heterocycles. The fraction of sp³-hybridized carbons (Fsp3) is 0.154. The van der Waals surface area contributed by atoms with Gasteiger partial charge in [-0.1, -0.05) is 12.1 Å². The van der Waals surface area contributed by atoms with Gasteiger partial charge in [0.15, 0.2) is 3.77 Å². The maximum Gasteiger partial charge on any atom is 0.164 e. The molecular formula is C13H11IN2O. The summed E-state index contributed by atoms with van der Waals surface area (Å²) >= 11 is 2.14. The highest BCUT2D eigenvalue weighted by Gasteiger charge is 1.99. The third-order valence-electron chi connectivity index (χ3n) is 2.33. The molecule has 1 aromatic carbocycles. The number of furan rings is 1. The first-order chi connectivity index (χ1) is 8.28. The zero-order valence-electron chi connectivity index (χ0n) is 9.11. The highest BCUT2D eigenvalue weighted by Crippen LogP contribution is 2.14. The van der Waals surface area contributed by atoms with Crippen molar-refractivity contribution < 1.29 is 4.42 Å². The molecule has 0 spiro atoms. The fourth-order valence-electron chi connectivity index (χ4n) is 1.47. The van der Waals surface area contributed by atoms with Crippen molar-refractivity contribution in [1.82, 2.24) is 0 Å². The molecule has 1 heterocycles. The van der Waals surface area contributed by atoms with Crippen LogP contribution >= 0.6 is 22.6 Å². The van der Waals surface area contributed by atoms with Gasteiger partial charge in [-0.05, 0) is 52.4 Å². The van der Waals surface area contributed by atoms with Gasteiger partial charge in [-0.3, -0.25) is 0 Å². The van der Waals surface area contributed by atoms with Gasteiger partial charge in [0.05, 0.1) is 19.0 Å². The third-order valence-corrected chi connectivity index (χ3v) is 2.91. The molecule has 2 rings (SSSR count). The van der Waals surface area contributed by atoms with Gasteiger partial charge in [0, 0.05) is 5.69 Å². The van der Waals surface area contributed by atoms with E-state index < -0.39 is 0 Å². The van der Waals surface area contributed by atoms with Crippen LogP contribution in [0.15, 0.2) is 40.8 Å². The Morgan fingerprint density at radius 2 is 1.94 bits per heavy atom. The first kappa shape index (κ1) is 12.0. The molecule has 0 bridgehead atoms. The molecule has 4 heteroatoms. The lowest BCUT2D eigenvalue weighted by Crippen LogP contribution is -1.97. The Labute approximate surface area is 114 Å². The van der Waals surface area contributed by atoms with Crippen molar-refractivity contribution >= 4 is 28.3 Å². The summed E-state index contributed by atoms with van der Waals surface area (Å²) in [6, 6.07) is 13.9. The normalized spacial score (nSPS) is 9.88. The Balaban J connectivity index is 1.93. The van der Waals surface area contributed by atoms with Crippen LogP contribution in [0.3, 0.4) is 0 Å². The molecule has 0 saturated carbocycles. The Morgan fingerprint density at radius 1 is 1.18 bits per heavy atom. The highest BCUT2D eigenvalue weighted by molar-refractivity contribution is 14.1. The molecule has 1 N–H and O–H groups in total. The number of rotatable bonds is 4. The largest absolute Gasteiger partial charge is 0.454 e. The van der Waals surface area contributed by atoms with Crippen LogP contribution in [0.4, 0.5) is 5.69 Å². The maximum atomic E-state index is 8.56. The van der Waals surface area contributed by atoms with E-state index in [0.29, 0.717) is 13.0 Å². The molecule has 17 heavy (non-hydrogen) atoms. The Kier molecular flexibility index (Phi) is 4.04. The van der Waals surface area contributed by atoms with Crippen molar-refractivity contribution in [2.24, 2.45) is 0 Å². The number of nitriles is 1. The van der Waals surface area contributed by atoms with E-state index in [1.54, 1.807) is 0 Å². The monoisotopic (exact) mass is 338 g/mol. The number of anilines is 1. The van der Waals surface area contributed by atoms with Crippen LogP contribution in [0.1, 0.15) is 11.3 Å². The van der Waals surface area contributed by atoms with E-state index in [-0.39, 0.29) is 0 Å². The van der Waals surface area contributed by atoms with Crippen molar-refractivity contribution in [1.29, 1.82) is 5.26 Å². The zero-order valence-corrected chi connectivity index (χ0v) is 11.3. The van der Waals surface area contributed by atoms with E-state index in [0.717, 1.165) is 20.8 Å². The molecule has 2 aromatic rings. The van der Waals surface area contributed by atoms with Gasteiger partial charge in [0.25, 0.3) is 0 Å². The Morgan fingerprint density at radius 3 is 2.53 bits per heavy atom. The van der Waals surface area contributed by atoms with Crippen LogP contribution < -0.4 is 5.32 Å². The van der Waals surface area contributed by atoms with Gasteiger partial charge in [-0.25, -0.2) is 0 Å². The van der Waals surface area contributed by atoms with E-state index in [1.807, 2.05) is 36.4 Å². The average Bonchev–Trinajstić information content (AvgIpc) is 2.75. The molecule has 0 amide bonds. The first-order valence-corrected chi connectivity index (χ1v) is 6.30. The van der Waals surface area contributed by atoms with Gasteiger partial charge in [-0.2, -0.15) is 5.26 Å². The number of nitrogens with zero attached hydrogens (tertiary/aromatic N) is 1. The van der Waals surface area contributed by atoms with E-state index in [1.165, 1.54) is 0 Å². The third kappa shape index (κ3) is 3.49. The maximum absolute atomic E-state index is 8.56. The molecular weight excluding hydrogens is 327 g/mol. The fourth-order valence-corrected chi connectivity index (χ4v) is 1.93. The number of nitrogens with one attached hydrogen (secondary N) is 1. The number of benzene rings is 1. The van der Waals surface area contributed by atoms with E-state index >= 15 is 0 Å². The lowest BCUT2D eigenvalue weighted by Gasteiger charge is -2.04. The Bertz CT molecular complexity index is 525. The van der Waals surface area contributed by atoms with Crippen LogP contribution in [0.5, 0.6) is 0 Å². The quantitative estimate of drug-likeness (QED) is 0.868. The van der Waals surface area contributed by atoms with E-state index in [2.05, 4.69) is 34.0 Å². The minimum absolute atomic E-state index is 0.455. The van der Waals surface area contributed by atoms with Gasteiger partial charge in [-0.15, -0.1) is 0 Å². The van der Waals surface area contributed by atoms with Gasteiger partial charge in [0.1, 0.15) is 5.76 Å². The number of halogens is 1. The lowest BCUT2D eigenvalue weighted by atomic mass is 10.1. The average molecular weight is 338 g/mol. The minimum atomic E-state index is 0.455. The smallest absolute Gasteiger partial charge is 0.164 e. The van der Waals surface area contributed by atoms with Crippen LogP contribution in [0, 0.1) is 15.1 Å². The molecule has 1 aromatic heterocycles. The van der Waals surface area contributed by atoms with Crippen molar-refractivity contribution in [2.45, 2.75) is 13.0 Å². The molecule has 0 aliphatic rings. The van der Waals surface area contributed by atoms with Gasteiger partial charge in [0.2, 0.25) is 0 Å². The summed E-state index contributed by atoms with van der Waals surface area (Å²) in [5, 5.41) is 11.8. The van der Waals surface area contributed by atoms with E-state index in [9.17, 15) is 0 Å². The topological polar surface area (TPSA) is 49.0 Å². The van der Waals surface area contributed by atoms with E-state index in [4.69, 9.17) is 9.68 Å². The van der Waals surface area contributed by atoms with Crippen LogP contribution in [0.2, 0.25) is 0 Å². The summed E-state index contributed by atoms with van der Waals surface area (Å²) in [6.45, 7) is 0.667. The second-order valence-electron chi connectivity index (χ2n) is 3.59. The number of hydrogen-bond acceptors (Lipinski definition) is 3. The first-order valence-electron chi connectivity index (χ1n) is 5.22. The summed E-state index contributed by atoms with van der Waals surface area (Å²) in [5.41, 5.74) is 2.06. The van der Waals surface area contributed by atoms with Crippen molar-refractivity contribution in [3.8, 4) is 6.07 Å². The summed E-state index contributed by atoms with van der Waals surface area (Å²) in [5.74, 6) is 0.913. The predicted molar refractivity (Wildman–Crippen MR) is 74.5 cm³/mol. The summed E-state index contributed by atoms with van der Waals surface area (Å²) in [4.78, 5) is 0. The van der Waals surface area contributed by atoms with Crippen LogP contribution in [-0.4, -0.2) is 0 Å². The lowest BCUT2D eigenvalue weighted by molar-refractivity contribution is 0.493. The molecule has 3 nitrogen and oxygen atoms in total. The molecule has 0 fully saturated rings. The zero-order chi connectivity index (χ0) is 12.1. The molecule has 0 unspecified atom stereocenters. The number of hydrogen-bond donors (Lipinski definition) is 1. The van der Waals surface area contributed by atoms with Crippen LogP contribution in [-0.2, 0) is 13.0 Å². The summed E-state index contributed by atoms with van der Waals surface area (Å²) in [6.07, 6.45) is 0.455. The van der Waals surface area contributed by atoms with Gasteiger partial charge >= 0.3 is 0 Å². The SMILES string of the molecule is N#CCc1ccc(NCc2ccc(I)o2)cc1. The Hall–Kier alpha value is -1.48. The van der Waals surface area contributed by atoms with Crippen molar-refractivity contribution in [3.05, 3.63) is 51.5 Å². The second-order valence-corrected chi connectivity index (χ2v) is 4.65. The van der Waals surface area contributed by atoms with Gasteiger partial charge < -0.3 is 9.73 Å². The second kappa shape index (κ2) is 5.73.